The molecule has 12 nitrogen and oxygen atoms in total. The summed E-state index contributed by atoms with van der Waals surface area (Å²) in [4.78, 5) is 49.9. The highest BCUT2D eigenvalue weighted by atomic mass is 19.1. The molecule has 7 rings (SSSR count). The second-order valence-corrected chi connectivity index (χ2v) is 15.9. The van der Waals surface area contributed by atoms with Gasteiger partial charge in [0.15, 0.2) is 5.82 Å². The molecule has 2 aliphatic heterocycles. The lowest BCUT2D eigenvalue weighted by atomic mass is 9.86. The second-order valence-electron chi connectivity index (χ2n) is 15.9. The minimum Gasteiger partial charge on any atom is -0.496 e. The van der Waals surface area contributed by atoms with E-state index in [1.165, 1.54) is 13.2 Å². The maximum atomic E-state index is 15.9. The fraction of sp³-hybridized carbons (Fsp3) is 0.444. The van der Waals surface area contributed by atoms with Crippen LogP contribution >= 0.6 is 0 Å². The number of piperidine rings is 1. The van der Waals surface area contributed by atoms with Crippen LogP contribution in [0.2, 0.25) is 0 Å². The predicted octanol–water partition coefficient (Wildman–Crippen LogP) is 7.36. The number of methoxy groups -OCH3 is 1. The summed E-state index contributed by atoms with van der Waals surface area (Å²) in [6.45, 7) is 8.06. The number of halogens is 1. The number of imidazole rings is 1. The van der Waals surface area contributed by atoms with Gasteiger partial charge in [-0.1, -0.05) is 36.8 Å². The van der Waals surface area contributed by atoms with Crippen molar-refractivity contribution in [2.75, 3.05) is 32.1 Å². The maximum Gasteiger partial charge on any atom is 0.320 e. The summed E-state index contributed by atoms with van der Waals surface area (Å²) < 4.78 is 28.6. The molecule has 58 heavy (non-hydrogen) atoms. The molecule has 0 spiro atoms. The summed E-state index contributed by atoms with van der Waals surface area (Å²) in [5, 5.41) is 12.8. The van der Waals surface area contributed by atoms with Crippen molar-refractivity contribution in [2.24, 2.45) is 13.0 Å². The molecule has 1 amide bonds. The Labute approximate surface area is 339 Å². The van der Waals surface area contributed by atoms with Crippen LogP contribution in [0.4, 0.5) is 10.1 Å². The Balaban J connectivity index is 1.04. The smallest absolute Gasteiger partial charge is 0.320 e. The first kappa shape index (κ1) is 40.8. The number of nitrogens with zero attached hydrogens (tertiary/aromatic N) is 5. The van der Waals surface area contributed by atoms with Crippen molar-refractivity contribution in [1.29, 1.82) is 0 Å². The average Bonchev–Trinajstić information content (AvgIpc) is 3.55. The molecule has 2 N–H and O–H groups in total. The number of likely N-dealkylation sites (tertiary alicyclic amines) is 1. The van der Waals surface area contributed by atoms with Crippen molar-refractivity contribution in [3.63, 3.8) is 0 Å². The SMILES string of the molecule is COc1cc(/C(F)=C/c2cccc(-c3cccc(NC(=O)c4nc5c(n4C)CCN(CC4CCC(OC=O)CC4)C5)c3C)c2C)ncc1CN1CCCC[C@H]1C(=O)O. The monoisotopic (exact) mass is 792 g/mol. The molecular formula is C45H53FN6O6. The van der Waals surface area contributed by atoms with Gasteiger partial charge in [0, 0.05) is 68.9 Å². The van der Waals surface area contributed by atoms with E-state index in [9.17, 15) is 19.5 Å². The van der Waals surface area contributed by atoms with Crippen LogP contribution in [0.25, 0.3) is 23.0 Å². The van der Waals surface area contributed by atoms with E-state index in [0.717, 1.165) is 91.7 Å². The lowest BCUT2D eigenvalue weighted by molar-refractivity contribution is -0.145. The standard InChI is InChI=1S/C45H53FN6O6/c1-28-31(21-36(46)38-22-42(57-4)32(23-47-38)25-52-19-6-5-13-41(52)45(55)56)9-7-10-34(28)35-11-8-12-37(29(35)2)49-44(54)43-48-39-26-51(20-18-40(39)50(43)3)24-30-14-16-33(17-15-30)58-27-53/h7-12,21-23,27,30,33,41H,5-6,13-20,24-26H2,1-4H3,(H,49,54)(H,55,56)/b36-21-/t30?,33?,41-/m0/s1. The number of carboxylic acids is 1. The Morgan fingerprint density at radius 3 is 2.52 bits per heavy atom. The van der Waals surface area contributed by atoms with Crippen LogP contribution in [0.1, 0.15) is 94.9 Å². The van der Waals surface area contributed by atoms with Crippen molar-refractivity contribution >= 4 is 35.9 Å². The summed E-state index contributed by atoms with van der Waals surface area (Å²) in [6.07, 6.45) is 10.2. The molecule has 1 saturated heterocycles. The zero-order valence-corrected chi connectivity index (χ0v) is 33.8. The normalized spacial score (nSPS) is 20.3. The lowest BCUT2D eigenvalue weighted by Gasteiger charge is -2.33. The van der Waals surface area contributed by atoms with Crippen molar-refractivity contribution < 1.29 is 33.4 Å². The lowest BCUT2D eigenvalue weighted by Crippen LogP contribution is -2.44. The Hall–Kier alpha value is -5.40. The number of carbonyl (C=O) groups excluding carboxylic acids is 2. The van der Waals surface area contributed by atoms with Crippen molar-refractivity contribution in [3.8, 4) is 16.9 Å². The number of aliphatic carboxylic acids is 1. The third kappa shape index (κ3) is 8.85. The number of nitrogens with one attached hydrogen (secondary N) is 1. The highest BCUT2D eigenvalue weighted by molar-refractivity contribution is 6.03. The summed E-state index contributed by atoms with van der Waals surface area (Å²) in [7, 11) is 3.42. The minimum atomic E-state index is -0.841. The molecule has 2 fully saturated rings. The number of carboxylic acid groups (broad SMARTS) is 1. The summed E-state index contributed by atoms with van der Waals surface area (Å²) in [5.41, 5.74) is 7.74. The highest BCUT2D eigenvalue weighted by Gasteiger charge is 2.31. The van der Waals surface area contributed by atoms with Gasteiger partial charge < -0.3 is 24.5 Å². The number of ether oxygens (including phenoxy) is 2. The first-order valence-corrected chi connectivity index (χ1v) is 20.3. The van der Waals surface area contributed by atoms with Crippen LogP contribution < -0.4 is 10.1 Å². The van der Waals surface area contributed by atoms with Gasteiger partial charge in [0.25, 0.3) is 12.4 Å². The van der Waals surface area contributed by atoms with Crippen LogP contribution in [0.5, 0.6) is 5.75 Å². The number of benzene rings is 2. The Kier molecular flexibility index (Phi) is 12.7. The fourth-order valence-corrected chi connectivity index (χ4v) is 8.97. The van der Waals surface area contributed by atoms with E-state index >= 15 is 4.39 Å². The topological polar surface area (TPSA) is 139 Å². The third-order valence-corrected chi connectivity index (χ3v) is 12.3. The number of pyridine rings is 1. The van der Waals surface area contributed by atoms with Gasteiger partial charge in [0.05, 0.1) is 12.8 Å². The van der Waals surface area contributed by atoms with Gasteiger partial charge in [0.2, 0.25) is 0 Å². The van der Waals surface area contributed by atoms with Crippen molar-refractivity contribution in [2.45, 2.75) is 90.4 Å². The molecule has 4 heterocycles. The van der Waals surface area contributed by atoms with E-state index < -0.39 is 17.8 Å². The third-order valence-electron chi connectivity index (χ3n) is 12.3. The molecule has 1 atom stereocenters. The predicted molar refractivity (Wildman–Crippen MR) is 220 cm³/mol. The van der Waals surface area contributed by atoms with Gasteiger partial charge in [-0.05, 0) is 105 Å². The van der Waals surface area contributed by atoms with E-state index in [2.05, 4.69) is 15.2 Å². The van der Waals surface area contributed by atoms with Gasteiger partial charge in [-0.3, -0.25) is 29.2 Å². The second kappa shape index (κ2) is 18.0. The number of amides is 1. The summed E-state index contributed by atoms with van der Waals surface area (Å²) in [5.74, 6) is -0.270. The highest BCUT2D eigenvalue weighted by Crippen LogP contribution is 2.35. The molecule has 3 aliphatic rings. The van der Waals surface area contributed by atoms with Crippen molar-refractivity contribution in [1.82, 2.24) is 24.3 Å². The van der Waals surface area contributed by atoms with E-state index in [1.54, 1.807) is 12.3 Å². The number of rotatable bonds is 13. The first-order valence-electron chi connectivity index (χ1n) is 20.3. The molecule has 2 aromatic heterocycles. The molecule has 4 aromatic rings. The summed E-state index contributed by atoms with van der Waals surface area (Å²) in [6, 6.07) is 12.5. The van der Waals surface area contributed by atoms with E-state index in [1.807, 2.05) is 66.8 Å². The van der Waals surface area contributed by atoms with E-state index in [0.29, 0.717) is 66.8 Å². The number of carbonyl (C=O) groups is 3. The molecular weight excluding hydrogens is 740 g/mol. The largest absolute Gasteiger partial charge is 0.496 e. The molecule has 2 aromatic carbocycles. The van der Waals surface area contributed by atoms with Crippen LogP contribution in [-0.4, -0.2) is 86.7 Å². The van der Waals surface area contributed by atoms with Gasteiger partial charge in [0.1, 0.15) is 29.4 Å². The molecule has 13 heteroatoms. The first-order chi connectivity index (χ1) is 28.0. The molecule has 0 unspecified atom stereocenters. The van der Waals surface area contributed by atoms with Crippen LogP contribution in [-0.2, 0) is 40.9 Å². The van der Waals surface area contributed by atoms with Gasteiger partial charge in [-0.2, -0.15) is 0 Å². The van der Waals surface area contributed by atoms with Crippen LogP contribution in [0.15, 0.2) is 48.7 Å². The number of fused-ring (bicyclic) bond motifs is 1. The molecule has 1 aliphatic carbocycles. The molecule has 0 radical (unpaired) electrons. The van der Waals surface area contributed by atoms with E-state index in [4.69, 9.17) is 14.5 Å². The number of aromatic nitrogens is 3. The molecule has 1 saturated carbocycles. The summed E-state index contributed by atoms with van der Waals surface area (Å²) >= 11 is 0. The Morgan fingerprint density at radius 2 is 1.78 bits per heavy atom. The Morgan fingerprint density at radius 1 is 1.02 bits per heavy atom. The fourth-order valence-electron chi connectivity index (χ4n) is 8.97. The van der Waals surface area contributed by atoms with E-state index in [-0.39, 0.29) is 17.7 Å². The quantitative estimate of drug-likeness (QED) is 0.132. The number of hydrogen-bond donors (Lipinski definition) is 2. The van der Waals surface area contributed by atoms with Crippen LogP contribution in [0, 0.1) is 19.8 Å². The Bertz CT molecular complexity index is 2190. The average molecular weight is 793 g/mol. The van der Waals surface area contributed by atoms with Crippen LogP contribution in [0.3, 0.4) is 0 Å². The minimum absolute atomic E-state index is 0.0385. The van der Waals surface area contributed by atoms with Gasteiger partial charge >= 0.3 is 5.97 Å². The number of anilines is 1. The number of hydrogen-bond acceptors (Lipinski definition) is 9. The zero-order valence-electron chi connectivity index (χ0n) is 33.8. The van der Waals surface area contributed by atoms with Gasteiger partial charge in [-0.25, -0.2) is 9.37 Å². The molecule has 0 bridgehead atoms. The van der Waals surface area contributed by atoms with Crippen molar-refractivity contribution in [3.05, 3.63) is 93.8 Å². The maximum absolute atomic E-state index is 15.9. The van der Waals surface area contributed by atoms with Gasteiger partial charge in [-0.15, -0.1) is 0 Å². The zero-order chi connectivity index (χ0) is 40.9. The molecule has 306 valence electrons.